The number of carbonyl (C=O) groups is 2. The zero-order valence-corrected chi connectivity index (χ0v) is 19.0. The minimum absolute atomic E-state index is 0.0858. The molecule has 1 aromatic heterocycles. The Morgan fingerprint density at radius 1 is 1.00 bits per heavy atom. The number of fused-ring (bicyclic) bond motifs is 1. The third-order valence-corrected chi connectivity index (χ3v) is 5.20. The van der Waals surface area contributed by atoms with Crippen LogP contribution in [0.25, 0.3) is 11.0 Å². The van der Waals surface area contributed by atoms with Crippen molar-refractivity contribution >= 4 is 34.2 Å². The first-order chi connectivity index (χ1) is 15.1. The highest BCUT2D eigenvalue weighted by molar-refractivity contribution is 5.95. The largest absolute Gasteiger partial charge is 0.497 e. The van der Waals surface area contributed by atoms with Crippen molar-refractivity contribution < 1.29 is 18.7 Å². The van der Waals surface area contributed by atoms with Gasteiger partial charge >= 0.3 is 5.63 Å². The van der Waals surface area contributed by atoms with Gasteiger partial charge in [0.1, 0.15) is 11.3 Å². The number of methoxy groups -OCH3 is 1. The van der Waals surface area contributed by atoms with Crippen molar-refractivity contribution in [3.63, 3.8) is 0 Å². The minimum Gasteiger partial charge on any atom is -0.497 e. The summed E-state index contributed by atoms with van der Waals surface area (Å²) in [5.41, 5.74) is 2.06. The van der Waals surface area contributed by atoms with Crippen molar-refractivity contribution in [2.75, 3.05) is 17.7 Å². The third-order valence-electron chi connectivity index (χ3n) is 5.20. The number of nitrogens with one attached hydrogen (secondary N) is 2. The second-order valence-corrected chi connectivity index (χ2v) is 8.68. The Balaban J connectivity index is 1.64. The minimum atomic E-state index is -0.493. The first-order valence-electron chi connectivity index (χ1n) is 10.4. The van der Waals surface area contributed by atoms with Crippen LogP contribution in [0.1, 0.15) is 38.3 Å². The number of aryl methyl sites for hydroxylation is 1. The number of carbonyl (C=O) groups excluding carboxylic acids is 2. The fourth-order valence-electron chi connectivity index (χ4n) is 3.21. The maximum atomic E-state index is 12.4. The molecule has 0 aliphatic carbocycles. The van der Waals surface area contributed by atoms with Crippen molar-refractivity contribution in [3.05, 3.63) is 64.0 Å². The van der Waals surface area contributed by atoms with Crippen molar-refractivity contribution in [3.8, 4) is 5.75 Å². The van der Waals surface area contributed by atoms with Gasteiger partial charge in [0.15, 0.2) is 0 Å². The number of hydrogen-bond donors (Lipinski definition) is 2. The van der Waals surface area contributed by atoms with Gasteiger partial charge in [-0.2, -0.15) is 0 Å². The molecule has 2 N–H and O–H groups in total. The summed E-state index contributed by atoms with van der Waals surface area (Å²) in [6.45, 7) is 7.37. The molecule has 0 aliphatic heterocycles. The monoisotopic (exact) mass is 436 g/mol. The summed E-state index contributed by atoms with van der Waals surface area (Å²) in [6, 6.07) is 12.2. The van der Waals surface area contributed by atoms with Gasteiger partial charge in [-0.1, -0.05) is 20.8 Å². The van der Waals surface area contributed by atoms with Gasteiger partial charge in [0.2, 0.25) is 11.8 Å². The highest BCUT2D eigenvalue weighted by Crippen LogP contribution is 2.24. The summed E-state index contributed by atoms with van der Waals surface area (Å²) in [5, 5.41) is 6.47. The Morgan fingerprint density at radius 2 is 1.62 bits per heavy atom. The predicted octanol–water partition coefficient (Wildman–Crippen LogP) is 4.67. The molecule has 32 heavy (non-hydrogen) atoms. The summed E-state index contributed by atoms with van der Waals surface area (Å²) in [4.78, 5) is 36.9. The van der Waals surface area contributed by atoms with Crippen molar-refractivity contribution in [1.29, 1.82) is 0 Å². The molecule has 2 aromatic carbocycles. The van der Waals surface area contributed by atoms with E-state index in [9.17, 15) is 14.4 Å². The van der Waals surface area contributed by atoms with E-state index in [2.05, 4.69) is 10.6 Å². The Bertz CT molecular complexity index is 1200. The van der Waals surface area contributed by atoms with E-state index < -0.39 is 11.0 Å². The summed E-state index contributed by atoms with van der Waals surface area (Å²) in [7, 11) is 1.55. The lowest BCUT2D eigenvalue weighted by Gasteiger charge is -2.17. The predicted molar refractivity (Wildman–Crippen MR) is 125 cm³/mol. The van der Waals surface area contributed by atoms with Crippen LogP contribution in [0.3, 0.4) is 0 Å². The van der Waals surface area contributed by atoms with Crippen LogP contribution in [0.15, 0.2) is 51.7 Å². The Kier molecular flexibility index (Phi) is 6.67. The summed E-state index contributed by atoms with van der Waals surface area (Å²) >= 11 is 0. The second-order valence-electron chi connectivity index (χ2n) is 8.68. The molecule has 0 spiro atoms. The normalized spacial score (nSPS) is 11.3. The van der Waals surface area contributed by atoms with E-state index >= 15 is 0 Å². The first kappa shape index (κ1) is 23.1. The van der Waals surface area contributed by atoms with Crippen molar-refractivity contribution in [1.82, 2.24) is 0 Å². The SMILES string of the molecule is COc1ccc2c(C)c(CCC(=O)Nc3ccc(NC(=O)C(C)(C)C)cc3)c(=O)oc2c1. The Morgan fingerprint density at radius 3 is 2.22 bits per heavy atom. The zero-order chi connectivity index (χ0) is 23.5. The molecule has 0 radical (unpaired) electrons. The van der Waals surface area contributed by atoms with E-state index in [1.54, 1.807) is 43.5 Å². The van der Waals surface area contributed by atoms with Crippen molar-refractivity contribution in [2.24, 2.45) is 5.41 Å². The lowest BCUT2D eigenvalue weighted by atomic mass is 9.95. The van der Waals surface area contributed by atoms with Crippen LogP contribution in [0.4, 0.5) is 11.4 Å². The summed E-state index contributed by atoms with van der Waals surface area (Å²) in [5.74, 6) is 0.304. The number of ether oxygens (including phenoxy) is 1. The van der Waals surface area contributed by atoms with E-state index in [-0.39, 0.29) is 24.7 Å². The second kappa shape index (κ2) is 9.26. The molecule has 0 unspecified atom stereocenters. The highest BCUT2D eigenvalue weighted by atomic mass is 16.5. The smallest absolute Gasteiger partial charge is 0.339 e. The Labute approximate surface area is 186 Å². The van der Waals surface area contributed by atoms with Gasteiger partial charge in [-0.3, -0.25) is 9.59 Å². The fourth-order valence-corrected chi connectivity index (χ4v) is 3.21. The van der Waals surface area contributed by atoms with Gasteiger partial charge in [0.25, 0.3) is 0 Å². The number of amides is 2. The van der Waals surface area contributed by atoms with Crippen LogP contribution in [-0.4, -0.2) is 18.9 Å². The van der Waals surface area contributed by atoms with Crippen LogP contribution in [-0.2, 0) is 16.0 Å². The molecular formula is C25H28N2O5. The molecule has 3 aromatic rings. The number of benzene rings is 2. The topological polar surface area (TPSA) is 97.6 Å². The van der Waals surface area contributed by atoms with E-state index in [0.717, 1.165) is 10.9 Å². The molecule has 168 valence electrons. The molecule has 0 fully saturated rings. The van der Waals surface area contributed by atoms with E-state index in [1.807, 2.05) is 33.8 Å². The van der Waals surface area contributed by atoms with E-state index in [0.29, 0.717) is 28.3 Å². The number of rotatable bonds is 6. The molecule has 3 rings (SSSR count). The van der Waals surface area contributed by atoms with Gasteiger partial charge in [-0.25, -0.2) is 4.79 Å². The first-order valence-corrected chi connectivity index (χ1v) is 10.4. The molecule has 0 atom stereocenters. The van der Waals surface area contributed by atoms with Gasteiger partial charge in [0, 0.05) is 40.2 Å². The maximum Gasteiger partial charge on any atom is 0.339 e. The van der Waals surface area contributed by atoms with Crippen LogP contribution in [0.5, 0.6) is 5.75 Å². The lowest BCUT2D eigenvalue weighted by Crippen LogP contribution is -2.27. The van der Waals surface area contributed by atoms with Gasteiger partial charge in [0.05, 0.1) is 7.11 Å². The molecule has 2 amide bonds. The lowest BCUT2D eigenvalue weighted by molar-refractivity contribution is -0.123. The molecule has 7 nitrogen and oxygen atoms in total. The average Bonchev–Trinajstić information content (AvgIpc) is 2.73. The third kappa shape index (κ3) is 5.35. The molecule has 0 saturated carbocycles. The molecule has 1 heterocycles. The Hall–Kier alpha value is -3.61. The standard InChI is InChI=1S/C25H28N2O5/c1-15-19-11-10-18(31-5)14-21(19)32-23(29)20(15)12-13-22(28)26-16-6-8-17(9-7-16)27-24(30)25(2,3)4/h6-11,14H,12-13H2,1-5H3,(H,26,28)(H,27,30). The molecule has 7 heteroatoms. The van der Waals surface area contributed by atoms with Gasteiger partial charge in [-0.15, -0.1) is 0 Å². The van der Waals surface area contributed by atoms with Crippen molar-refractivity contribution in [2.45, 2.75) is 40.5 Å². The summed E-state index contributed by atoms with van der Waals surface area (Å²) < 4.78 is 10.6. The number of anilines is 2. The molecule has 0 aliphatic rings. The quantitative estimate of drug-likeness (QED) is 0.548. The van der Waals surface area contributed by atoms with Crippen LogP contribution in [0.2, 0.25) is 0 Å². The molecular weight excluding hydrogens is 408 g/mol. The zero-order valence-electron chi connectivity index (χ0n) is 19.0. The average molecular weight is 437 g/mol. The van der Waals surface area contributed by atoms with Crippen LogP contribution < -0.4 is 21.0 Å². The van der Waals surface area contributed by atoms with E-state index in [4.69, 9.17) is 9.15 Å². The van der Waals surface area contributed by atoms with Gasteiger partial charge < -0.3 is 19.8 Å². The van der Waals surface area contributed by atoms with Gasteiger partial charge in [-0.05, 0) is 55.3 Å². The molecule has 0 bridgehead atoms. The van der Waals surface area contributed by atoms with Crippen LogP contribution >= 0.6 is 0 Å². The summed E-state index contributed by atoms with van der Waals surface area (Å²) in [6.07, 6.45) is 0.400. The van der Waals surface area contributed by atoms with Crippen LogP contribution in [0, 0.1) is 12.3 Å². The maximum absolute atomic E-state index is 12.4. The van der Waals surface area contributed by atoms with E-state index in [1.165, 1.54) is 0 Å². The highest BCUT2D eigenvalue weighted by Gasteiger charge is 2.21. The number of hydrogen-bond acceptors (Lipinski definition) is 5. The fraction of sp³-hybridized carbons (Fsp3) is 0.320. The molecule has 0 saturated heterocycles.